The average molecular weight is 392 g/mol. The van der Waals surface area contributed by atoms with Gasteiger partial charge in [0.05, 0.1) is 18.3 Å². The number of methoxy groups -OCH3 is 1. The molecule has 0 radical (unpaired) electrons. The van der Waals surface area contributed by atoms with E-state index in [-0.39, 0.29) is 5.57 Å². The first-order valence-electron chi connectivity index (χ1n) is 9.02. The summed E-state index contributed by atoms with van der Waals surface area (Å²) in [7, 11) is 0.718. The van der Waals surface area contributed by atoms with Gasteiger partial charge in [0.1, 0.15) is 24.4 Å². The molecule has 0 saturated carbocycles. The molecule has 7 heteroatoms. The molecule has 1 unspecified atom stereocenters. The lowest BCUT2D eigenvalue weighted by molar-refractivity contribution is 0.00578. The molecule has 0 aliphatic carbocycles. The summed E-state index contributed by atoms with van der Waals surface area (Å²) in [5.74, 6) is -0.272. The summed E-state index contributed by atoms with van der Waals surface area (Å²) >= 11 is 0. The molecule has 1 N–H and O–H groups in total. The van der Waals surface area contributed by atoms with Crippen LogP contribution in [0.1, 0.15) is 39.4 Å². The van der Waals surface area contributed by atoms with E-state index in [0.29, 0.717) is 16.8 Å². The van der Waals surface area contributed by atoms with Gasteiger partial charge in [0, 0.05) is 5.57 Å². The van der Waals surface area contributed by atoms with Crippen LogP contribution >= 0.6 is 0 Å². The average Bonchev–Trinajstić information content (AvgIpc) is 2.86. The fourth-order valence-corrected chi connectivity index (χ4v) is 2.69. The van der Waals surface area contributed by atoms with Crippen LogP contribution in [-0.4, -0.2) is 37.2 Å². The highest BCUT2D eigenvalue weighted by atomic mass is 19.1. The summed E-state index contributed by atoms with van der Waals surface area (Å²) in [6.07, 6.45) is 0.780. The van der Waals surface area contributed by atoms with Gasteiger partial charge >= 0.3 is 7.12 Å². The molecule has 1 aromatic carbocycles. The van der Waals surface area contributed by atoms with Gasteiger partial charge < -0.3 is 19.2 Å². The molecule has 0 aromatic heterocycles. The molecule has 1 atom stereocenters. The fraction of sp³-hybridized carbons (Fsp3) is 0.429. The third-order valence-corrected chi connectivity index (χ3v) is 5.16. The van der Waals surface area contributed by atoms with E-state index in [4.69, 9.17) is 14.0 Å². The molecule has 0 amide bonds. The Morgan fingerprint density at radius 2 is 1.75 bits per heavy atom. The Hall–Kier alpha value is -1.96. The van der Waals surface area contributed by atoms with Crippen LogP contribution < -0.4 is 4.74 Å². The number of aliphatic hydroxyl groups is 1. The highest BCUT2D eigenvalue weighted by Crippen LogP contribution is 2.39. The van der Waals surface area contributed by atoms with Crippen molar-refractivity contribution in [3.05, 3.63) is 65.4 Å². The molecule has 1 fully saturated rings. The number of benzene rings is 1. The zero-order valence-corrected chi connectivity index (χ0v) is 17.0. The number of halogens is 2. The molecule has 1 aromatic rings. The van der Waals surface area contributed by atoms with Crippen molar-refractivity contribution in [3.8, 4) is 5.75 Å². The Labute approximate surface area is 165 Å². The fourth-order valence-electron chi connectivity index (χ4n) is 2.69. The van der Waals surface area contributed by atoms with Gasteiger partial charge in [-0.15, -0.1) is 0 Å². The van der Waals surface area contributed by atoms with Crippen molar-refractivity contribution in [1.29, 1.82) is 0 Å². The van der Waals surface area contributed by atoms with E-state index in [1.165, 1.54) is 13.2 Å². The van der Waals surface area contributed by atoms with Crippen LogP contribution in [0.3, 0.4) is 0 Å². The molecular formula is C21H27BF2O4. The van der Waals surface area contributed by atoms with Crippen LogP contribution in [0.2, 0.25) is 0 Å². The number of ether oxygens (including phenoxy) is 1. The third-order valence-electron chi connectivity index (χ3n) is 5.16. The van der Waals surface area contributed by atoms with Gasteiger partial charge in [-0.05, 0) is 56.9 Å². The summed E-state index contributed by atoms with van der Waals surface area (Å²) in [6.45, 7) is 10.5. The topological polar surface area (TPSA) is 47.9 Å². The van der Waals surface area contributed by atoms with Crippen molar-refractivity contribution in [2.24, 2.45) is 0 Å². The zero-order chi connectivity index (χ0) is 21.1. The molecule has 0 bridgehead atoms. The molecule has 2 rings (SSSR count). The molecule has 28 heavy (non-hydrogen) atoms. The second-order valence-corrected chi connectivity index (χ2v) is 7.64. The van der Waals surface area contributed by atoms with Crippen molar-refractivity contribution < 1.29 is 27.9 Å². The summed E-state index contributed by atoms with van der Waals surface area (Å²) in [4.78, 5) is 0. The van der Waals surface area contributed by atoms with Crippen LogP contribution in [0.25, 0.3) is 0 Å². The summed E-state index contributed by atoms with van der Waals surface area (Å²) < 4.78 is 44.1. The van der Waals surface area contributed by atoms with Gasteiger partial charge in [-0.3, -0.25) is 0 Å². The number of hydrogen-bond donors (Lipinski definition) is 1. The standard InChI is InChI=1S/C21H27BF2O4/c1-14(22-27-20(2,3)21(4,5)28-22)13-17(18(24)11-12-23)19(25)15-7-9-16(26-6)10-8-15/h7-11,13,19,25H,1,12H2,2-6H3/b17-13+,18-11+. The van der Waals surface area contributed by atoms with E-state index >= 15 is 0 Å². The highest BCUT2D eigenvalue weighted by Gasteiger charge is 2.51. The van der Waals surface area contributed by atoms with Crippen LogP contribution in [0.15, 0.2) is 59.9 Å². The van der Waals surface area contributed by atoms with Crippen LogP contribution in [0, 0.1) is 0 Å². The lowest BCUT2D eigenvalue weighted by Gasteiger charge is -2.32. The van der Waals surface area contributed by atoms with Crippen molar-refractivity contribution in [2.75, 3.05) is 13.8 Å². The van der Waals surface area contributed by atoms with Gasteiger partial charge in [-0.2, -0.15) is 0 Å². The monoisotopic (exact) mass is 392 g/mol. The number of rotatable bonds is 7. The molecule has 0 spiro atoms. The lowest BCUT2D eigenvalue weighted by Crippen LogP contribution is -2.41. The Kier molecular flexibility index (Phi) is 6.86. The first kappa shape index (κ1) is 22.3. The van der Waals surface area contributed by atoms with E-state index in [1.807, 2.05) is 27.7 Å². The van der Waals surface area contributed by atoms with Crippen molar-refractivity contribution in [1.82, 2.24) is 0 Å². The Morgan fingerprint density at radius 1 is 1.21 bits per heavy atom. The largest absolute Gasteiger partial charge is 0.497 e. The maximum Gasteiger partial charge on any atom is 0.494 e. The SMILES string of the molecule is C=C(/C=C(\C(F)=C/CF)C(O)c1ccc(OC)cc1)B1OC(C)(C)C(C)(C)O1. The molecule has 4 nitrogen and oxygen atoms in total. The Bertz CT molecular complexity index is 753. The minimum absolute atomic E-state index is 0.123. The summed E-state index contributed by atoms with van der Waals surface area (Å²) in [5.41, 5.74) is -0.546. The number of alkyl halides is 1. The summed E-state index contributed by atoms with van der Waals surface area (Å²) in [5, 5.41) is 10.7. The van der Waals surface area contributed by atoms with Crippen LogP contribution in [0.5, 0.6) is 5.75 Å². The first-order chi connectivity index (χ1) is 13.0. The van der Waals surface area contributed by atoms with Crippen molar-refractivity contribution in [3.63, 3.8) is 0 Å². The van der Waals surface area contributed by atoms with E-state index in [0.717, 1.165) is 6.08 Å². The predicted molar refractivity (Wildman–Crippen MR) is 106 cm³/mol. The second kappa shape index (κ2) is 8.60. The van der Waals surface area contributed by atoms with Gasteiger partial charge in [-0.25, -0.2) is 8.78 Å². The van der Waals surface area contributed by atoms with E-state index < -0.39 is 36.9 Å². The first-order valence-corrected chi connectivity index (χ1v) is 9.02. The van der Waals surface area contributed by atoms with E-state index in [1.54, 1.807) is 24.3 Å². The Morgan fingerprint density at radius 3 is 2.21 bits per heavy atom. The Balaban J connectivity index is 2.34. The van der Waals surface area contributed by atoms with E-state index in [2.05, 4.69) is 6.58 Å². The highest BCUT2D eigenvalue weighted by molar-refractivity contribution is 6.55. The third kappa shape index (κ3) is 4.71. The number of aliphatic hydroxyl groups excluding tert-OH is 1. The number of allylic oxidation sites excluding steroid dienone is 3. The molecule has 1 aliphatic rings. The van der Waals surface area contributed by atoms with Gasteiger partial charge in [0.2, 0.25) is 0 Å². The maximum atomic E-state index is 14.5. The smallest absolute Gasteiger partial charge is 0.494 e. The number of hydrogen-bond acceptors (Lipinski definition) is 4. The molecular weight excluding hydrogens is 365 g/mol. The van der Waals surface area contributed by atoms with Gasteiger partial charge in [-0.1, -0.05) is 24.8 Å². The molecule has 152 valence electrons. The zero-order valence-electron chi connectivity index (χ0n) is 17.0. The molecule has 1 aliphatic heterocycles. The predicted octanol–water partition coefficient (Wildman–Crippen LogP) is 4.67. The normalized spacial score (nSPS) is 20.2. The van der Waals surface area contributed by atoms with Crippen molar-refractivity contribution in [2.45, 2.75) is 45.0 Å². The maximum absolute atomic E-state index is 14.5. The van der Waals surface area contributed by atoms with Crippen LogP contribution in [0.4, 0.5) is 8.78 Å². The lowest BCUT2D eigenvalue weighted by atomic mass is 9.77. The quantitative estimate of drug-likeness (QED) is 0.542. The van der Waals surface area contributed by atoms with E-state index in [9.17, 15) is 13.9 Å². The van der Waals surface area contributed by atoms with Crippen molar-refractivity contribution >= 4 is 7.12 Å². The van der Waals surface area contributed by atoms with Gasteiger partial charge in [0.15, 0.2) is 0 Å². The molecule has 1 heterocycles. The van der Waals surface area contributed by atoms with Gasteiger partial charge in [0.25, 0.3) is 0 Å². The minimum atomic E-state index is -1.33. The van der Waals surface area contributed by atoms with Crippen LogP contribution in [-0.2, 0) is 9.31 Å². The summed E-state index contributed by atoms with van der Waals surface area (Å²) in [6, 6.07) is 6.52. The second-order valence-electron chi connectivity index (χ2n) is 7.64. The minimum Gasteiger partial charge on any atom is -0.497 e. The molecule has 1 saturated heterocycles.